The second-order valence-electron chi connectivity index (χ2n) is 1.99. The number of hydrogen-bond donors (Lipinski definition) is 2. The molecule has 68 valence electrons. The summed E-state index contributed by atoms with van der Waals surface area (Å²) < 4.78 is 5.50. The minimum Gasteiger partial charge on any atom is -0.301 e. The van der Waals surface area contributed by atoms with E-state index in [2.05, 4.69) is 24.5 Å². The summed E-state index contributed by atoms with van der Waals surface area (Å²) in [6.07, 6.45) is 1.54. The summed E-state index contributed by atoms with van der Waals surface area (Å²) in [6, 6.07) is 0. The lowest BCUT2D eigenvalue weighted by molar-refractivity contribution is 0.709. The average molecular weight is 266 g/mol. The highest BCUT2D eigenvalue weighted by molar-refractivity contribution is 8.67. The summed E-state index contributed by atoms with van der Waals surface area (Å²) in [5.74, 6) is 0. The lowest BCUT2D eigenvalue weighted by atomic mass is 11.0. The fourth-order valence-corrected chi connectivity index (χ4v) is 8.91. The second kappa shape index (κ2) is 4.99. The Balaban J connectivity index is 4.26. The standard InChI is InChI=1S/C4H12OP2S4/c1-3-6(8,9)5-7(10,11)4-2/h3-4H2,1-2H3,(H,8,9)(H,10,11). The van der Waals surface area contributed by atoms with Gasteiger partial charge in [-0.3, -0.25) is 0 Å². The van der Waals surface area contributed by atoms with E-state index >= 15 is 0 Å². The summed E-state index contributed by atoms with van der Waals surface area (Å²) in [5, 5.41) is 0. The topological polar surface area (TPSA) is 9.23 Å². The van der Waals surface area contributed by atoms with Gasteiger partial charge in [-0.25, -0.2) is 0 Å². The maximum Gasteiger partial charge on any atom is 0.122 e. The van der Waals surface area contributed by atoms with E-state index in [0.717, 1.165) is 12.3 Å². The third-order valence-corrected chi connectivity index (χ3v) is 10.5. The molecule has 0 aliphatic rings. The Morgan fingerprint density at radius 2 is 1.36 bits per heavy atom. The maximum atomic E-state index is 5.50. The molecule has 0 saturated heterocycles. The molecule has 0 spiro atoms. The summed E-state index contributed by atoms with van der Waals surface area (Å²) in [6.45, 7) is 3.93. The van der Waals surface area contributed by atoms with Gasteiger partial charge in [0.2, 0.25) is 0 Å². The van der Waals surface area contributed by atoms with Gasteiger partial charge in [0.15, 0.2) is 0 Å². The van der Waals surface area contributed by atoms with Crippen molar-refractivity contribution < 1.29 is 4.31 Å². The largest absolute Gasteiger partial charge is 0.301 e. The molecule has 0 aliphatic heterocycles. The molecule has 0 radical (unpaired) electrons. The first-order chi connectivity index (χ1) is 4.83. The van der Waals surface area contributed by atoms with Crippen molar-refractivity contribution in [3.05, 3.63) is 0 Å². The lowest BCUT2D eigenvalue weighted by Crippen LogP contribution is -1.83. The van der Waals surface area contributed by atoms with Gasteiger partial charge in [0.05, 0.1) is 0 Å². The Morgan fingerprint density at radius 3 is 1.55 bits per heavy atom. The predicted molar refractivity (Wildman–Crippen MR) is 68.7 cm³/mol. The van der Waals surface area contributed by atoms with Gasteiger partial charge in [0, 0.05) is 12.3 Å². The van der Waals surface area contributed by atoms with Crippen LogP contribution in [-0.2, 0) is 27.9 Å². The zero-order valence-electron chi connectivity index (χ0n) is 6.43. The highest BCUT2D eigenvalue weighted by Crippen LogP contribution is 2.68. The Bertz CT molecular complexity index is 194. The zero-order valence-corrected chi connectivity index (χ0v) is 11.6. The van der Waals surface area contributed by atoms with Crippen molar-refractivity contribution in [3.8, 4) is 0 Å². The minimum absolute atomic E-state index is 0.768. The van der Waals surface area contributed by atoms with Crippen molar-refractivity contribution in [1.82, 2.24) is 0 Å². The molecule has 0 heterocycles. The van der Waals surface area contributed by atoms with Crippen LogP contribution in [0.2, 0.25) is 0 Å². The SMILES string of the molecule is CCP(=S)(S)OP(=S)(S)CC. The van der Waals surface area contributed by atoms with E-state index in [0.29, 0.717) is 0 Å². The summed E-state index contributed by atoms with van der Waals surface area (Å²) in [5.41, 5.74) is -3.83. The Kier molecular flexibility index (Phi) is 5.88. The van der Waals surface area contributed by atoms with E-state index in [1.54, 1.807) is 0 Å². The first-order valence-electron chi connectivity index (χ1n) is 3.18. The van der Waals surface area contributed by atoms with Crippen LogP contribution in [0, 0.1) is 0 Å². The van der Waals surface area contributed by atoms with Gasteiger partial charge < -0.3 is 4.31 Å². The Labute approximate surface area is 89.2 Å². The molecular formula is C4H12OP2S4. The summed E-state index contributed by atoms with van der Waals surface area (Å²) >= 11 is 18.7. The van der Waals surface area contributed by atoms with Crippen molar-refractivity contribution in [3.63, 3.8) is 0 Å². The zero-order chi connectivity index (χ0) is 9.12. The smallest absolute Gasteiger partial charge is 0.122 e. The van der Waals surface area contributed by atoms with Crippen molar-refractivity contribution in [2.45, 2.75) is 13.8 Å². The number of rotatable bonds is 4. The van der Waals surface area contributed by atoms with Crippen LogP contribution in [0.5, 0.6) is 0 Å². The molecule has 1 nitrogen and oxygen atoms in total. The molecule has 0 fully saturated rings. The highest BCUT2D eigenvalue weighted by atomic mass is 32.9. The first kappa shape index (κ1) is 13.0. The van der Waals surface area contributed by atoms with E-state index in [9.17, 15) is 0 Å². The van der Waals surface area contributed by atoms with Crippen LogP contribution >= 0.6 is 35.4 Å². The Morgan fingerprint density at radius 1 is 1.09 bits per heavy atom. The van der Waals surface area contributed by atoms with Gasteiger partial charge in [-0.15, -0.1) is 24.5 Å². The minimum atomic E-state index is -1.91. The molecule has 0 rings (SSSR count). The summed E-state index contributed by atoms with van der Waals surface area (Å²) in [7, 11) is 0. The van der Waals surface area contributed by atoms with E-state index in [-0.39, 0.29) is 0 Å². The highest BCUT2D eigenvalue weighted by Gasteiger charge is 2.18. The van der Waals surface area contributed by atoms with Crippen LogP contribution in [0.25, 0.3) is 0 Å². The van der Waals surface area contributed by atoms with E-state index < -0.39 is 10.9 Å². The van der Waals surface area contributed by atoms with Crippen LogP contribution in [-0.4, -0.2) is 12.3 Å². The van der Waals surface area contributed by atoms with Crippen LogP contribution < -0.4 is 0 Å². The molecule has 0 N–H and O–H groups in total. The second-order valence-corrected chi connectivity index (χ2v) is 15.5. The van der Waals surface area contributed by atoms with Crippen LogP contribution in [0.15, 0.2) is 0 Å². The van der Waals surface area contributed by atoms with E-state index in [1.807, 2.05) is 13.8 Å². The molecule has 0 amide bonds. The van der Waals surface area contributed by atoms with E-state index in [4.69, 9.17) is 27.9 Å². The molecule has 0 aromatic heterocycles. The molecule has 0 saturated carbocycles. The molecule has 0 bridgehead atoms. The van der Waals surface area contributed by atoms with Crippen molar-refractivity contribution in [2.24, 2.45) is 0 Å². The third kappa shape index (κ3) is 6.09. The fraction of sp³-hybridized carbons (Fsp3) is 1.00. The van der Waals surface area contributed by atoms with Crippen molar-refractivity contribution >= 4 is 59.0 Å². The molecule has 0 aromatic carbocycles. The van der Waals surface area contributed by atoms with Gasteiger partial charge in [-0.05, 0) is 0 Å². The first-order valence-corrected chi connectivity index (χ1v) is 11.3. The monoisotopic (exact) mass is 266 g/mol. The summed E-state index contributed by atoms with van der Waals surface area (Å²) in [4.78, 5) is 0. The van der Waals surface area contributed by atoms with Gasteiger partial charge in [0.25, 0.3) is 0 Å². The maximum absolute atomic E-state index is 5.50. The lowest BCUT2D eigenvalue weighted by Gasteiger charge is -2.21. The van der Waals surface area contributed by atoms with Gasteiger partial charge >= 0.3 is 0 Å². The molecule has 11 heavy (non-hydrogen) atoms. The molecule has 0 aromatic rings. The van der Waals surface area contributed by atoms with Crippen LogP contribution in [0.3, 0.4) is 0 Å². The fourth-order valence-electron chi connectivity index (χ4n) is 0.315. The normalized spacial score (nSPS) is 22.2. The van der Waals surface area contributed by atoms with Crippen molar-refractivity contribution in [2.75, 3.05) is 12.3 Å². The van der Waals surface area contributed by atoms with Crippen molar-refractivity contribution in [1.29, 1.82) is 0 Å². The van der Waals surface area contributed by atoms with Gasteiger partial charge in [0.1, 0.15) is 10.9 Å². The average Bonchev–Trinajstić information content (AvgIpc) is 1.86. The van der Waals surface area contributed by atoms with Crippen LogP contribution in [0.4, 0.5) is 0 Å². The molecule has 2 unspecified atom stereocenters. The Hall–Kier alpha value is 1.96. The van der Waals surface area contributed by atoms with Gasteiger partial charge in [-0.1, -0.05) is 37.5 Å². The number of thiol groups is 2. The van der Waals surface area contributed by atoms with Gasteiger partial charge in [-0.2, -0.15) is 0 Å². The number of hydrogen-bond acceptors (Lipinski definition) is 3. The quantitative estimate of drug-likeness (QED) is 0.595. The predicted octanol–water partition coefficient (Wildman–Crippen LogP) is 3.52. The molecule has 0 aliphatic carbocycles. The van der Waals surface area contributed by atoms with E-state index in [1.165, 1.54) is 0 Å². The van der Waals surface area contributed by atoms with Crippen LogP contribution in [0.1, 0.15) is 13.8 Å². The molecule has 2 atom stereocenters. The molecular weight excluding hydrogens is 254 g/mol. The molecule has 7 heteroatoms. The third-order valence-electron chi connectivity index (χ3n) is 1.05.